The van der Waals surface area contributed by atoms with Gasteiger partial charge in [-0.1, -0.05) is 145 Å². The molecular formula is C44H28O. The van der Waals surface area contributed by atoms with Crippen LogP contribution in [0.3, 0.4) is 0 Å². The Kier molecular flexibility index (Phi) is 3.50. The zero-order chi connectivity index (χ0) is 41.9. The number of rotatable bonds is 4. The molecule has 1 aromatic heterocycles. The highest BCUT2D eigenvalue weighted by Gasteiger charge is 2.20. The van der Waals surface area contributed by atoms with Crippen LogP contribution in [0.2, 0.25) is 0 Å². The molecule has 0 unspecified atom stereocenters. The lowest BCUT2D eigenvalue weighted by Crippen LogP contribution is -1.92. The summed E-state index contributed by atoms with van der Waals surface area (Å²) in [5.41, 5.74) is 1.89. The van der Waals surface area contributed by atoms with E-state index >= 15 is 0 Å². The van der Waals surface area contributed by atoms with Crippen molar-refractivity contribution in [3.05, 3.63) is 170 Å². The van der Waals surface area contributed by atoms with Crippen molar-refractivity contribution in [2.45, 2.75) is 0 Å². The Morgan fingerprint density at radius 1 is 0.400 bits per heavy atom. The van der Waals surface area contributed by atoms with Gasteiger partial charge in [0, 0.05) is 16.3 Å². The van der Waals surface area contributed by atoms with Crippen LogP contribution in [0.25, 0.3) is 88.0 Å². The molecule has 210 valence electrons. The van der Waals surface area contributed by atoms with Crippen molar-refractivity contribution in [1.29, 1.82) is 0 Å². The van der Waals surface area contributed by atoms with E-state index in [2.05, 4.69) is 0 Å². The number of furan rings is 1. The molecule has 45 heavy (non-hydrogen) atoms. The monoisotopic (exact) mass is 586 g/mol. The standard InChI is InChI=1S/C44H28O/c1-3-14-29(15-4-1)31-18-13-19-32(26-31)42-35-21-7-9-23-37(35)43(38-24-10-8-22-36(38)42)33-27-39(30-16-5-2-6-17-30)44-40(28-33)34-20-11-12-25-41(34)45-44/h1-28H/i1D,2D,3D,4D,5D,6D,13D,14D,15D,16D,17D,18D,19D,26D. The lowest BCUT2D eigenvalue weighted by atomic mass is 9.84. The number of fused-ring (bicyclic) bond motifs is 5. The summed E-state index contributed by atoms with van der Waals surface area (Å²) in [4.78, 5) is 0. The number of para-hydroxylation sites is 1. The van der Waals surface area contributed by atoms with E-state index in [0.29, 0.717) is 54.8 Å². The lowest BCUT2D eigenvalue weighted by molar-refractivity contribution is 0.670. The van der Waals surface area contributed by atoms with Crippen LogP contribution in [0.15, 0.2) is 174 Å². The molecule has 0 aliphatic heterocycles. The highest BCUT2D eigenvalue weighted by Crippen LogP contribution is 2.47. The van der Waals surface area contributed by atoms with Gasteiger partial charge in [0.2, 0.25) is 0 Å². The molecular weight excluding hydrogens is 544 g/mol. The fourth-order valence-corrected chi connectivity index (χ4v) is 6.22. The normalized spacial score (nSPS) is 15.9. The summed E-state index contributed by atoms with van der Waals surface area (Å²) < 4.78 is 128. The van der Waals surface area contributed by atoms with Crippen LogP contribution in [0.5, 0.6) is 0 Å². The topological polar surface area (TPSA) is 13.1 Å². The average molecular weight is 587 g/mol. The van der Waals surface area contributed by atoms with Crippen molar-refractivity contribution in [2.75, 3.05) is 0 Å². The first-order valence-electron chi connectivity index (χ1n) is 21.3. The highest BCUT2D eigenvalue weighted by atomic mass is 16.3. The minimum absolute atomic E-state index is 0.0385. The summed E-state index contributed by atoms with van der Waals surface area (Å²) in [7, 11) is 0. The fourth-order valence-electron chi connectivity index (χ4n) is 6.22. The Balaban J connectivity index is 1.44. The zero-order valence-corrected chi connectivity index (χ0v) is 23.5. The van der Waals surface area contributed by atoms with Gasteiger partial charge in [-0.25, -0.2) is 0 Å². The van der Waals surface area contributed by atoms with Crippen molar-refractivity contribution in [3.8, 4) is 44.5 Å². The number of hydrogen-bond acceptors (Lipinski definition) is 1. The van der Waals surface area contributed by atoms with Gasteiger partial charge < -0.3 is 4.42 Å². The van der Waals surface area contributed by atoms with Crippen LogP contribution in [0.1, 0.15) is 19.2 Å². The smallest absolute Gasteiger partial charge is 0.143 e. The molecule has 0 N–H and O–H groups in total. The maximum Gasteiger partial charge on any atom is 0.143 e. The van der Waals surface area contributed by atoms with E-state index in [9.17, 15) is 2.74 Å². The summed E-state index contributed by atoms with van der Waals surface area (Å²) in [6.45, 7) is 0. The summed E-state index contributed by atoms with van der Waals surface area (Å²) in [5.74, 6) is 0. The van der Waals surface area contributed by atoms with Crippen LogP contribution >= 0.6 is 0 Å². The summed E-state index contributed by atoms with van der Waals surface area (Å²) >= 11 is 0. The molecule has 0 aliphatic carbocycles. The van der Waals surface area contributed by atoms with E-state index in [1.165, 1.54) is 0 Å². The Labute approximate surface area is 281 Å². The predicted molar refractivity (Wildman–Crippen MR) is 190 cm³/mol. The van der Waals surface area contributed by atoms with Crippen molar-refractivity contribution in [3.63, 3.8) is 0 Å². The molecule has 0 atom stereocenters. The second-order valence-corrected chi connectivity index (χ2v) is 10.6. The number of hydrogen-bond donors (Lipinski definition) is 0. The molecule has 0 spiro atoms. The molecule has 0 radical (unpaired) electrons. The SMILES string of the molecule is [2H]c1c([2H])c([2H])c(-c2c([2H])c([2H])c([2H])c(-c3c4ccccc4c(-c4cc(-c5c([2H])c([2H])c([2H])c([2H])c5[2H])c5oc6ccccc6c5c4)c4ccccc34)c2[2H])c([2H])c1[2H]. The van der Waals surface area contributed by atoms with Crippen LogP contribution in [0, 0.1) is 0 Å². The van der Waals surface area contributed by atoms with Gasteiger partial charge in [-0.2, -0.15) is 0 Å². The van der Waals surface area contributed by atoms with Gasteiger partial charge in [0.15, 0.2) is 0 Å². The van der Waals surface area contributed by atoms with Crippen LogP contribution < -0.4 is 0 Å². The molecule has 1 heterocycles. The van der Waals surface area contributed by atoms with Gasteiger partial charge >= 0.3 is 0 Å². The maximum atomic E-state index is 9.57. The Morgan fingerprint density at radius 3 is 1.56 bits per heavy atom. The Morgan fingerprint density at radius 2 is 0.911 bits per heavy atom. The maximum absolute atomic E-state index is 9.57. The molecule has 9 aromatic rings. The summed E-state index contributed by atoms with van der Waals surface area (Å²) in [6, 6.07) is 17.8. The van der Waals surface area contributed by atoms with E-state index < -0.39 is 90.2 Å². The molecule has 0 saturated carbocycles. The second kappa shape index (κ2) is 10.4. The van der Waals surface area contributed by atoms with Crippen molar-refractivity contribution in [2.24, 2.45) is 0 Å². The minimum atomic E-state index is -0.659. The van der Waals surface area contributed by atoms with E-state index in [4.69, 9.17) is 20.9 Å². The molecule has 0 fully saturated rings. The van der Waals surface area contributed by atoms with Crippen LogP contribution in [-0.4, -0.2) is 0 Å². The van der Waals surface area contributed by atoms with Gasteiger partial charge in [0.25, 0.3) is 0 Å². The van der Waals surface area contributed by atoms with Crippen molar-refractivity contribution >= 4 is 43.5 Å². The molecule has 0 aliphatic rings. The molecule has 9 rings (SSSR count). The third-order valence-electron chi connectivity index (χ3n) is 8.09. The van der Waals surface area contributed by atoms with E-state index in [-0.39, 0.29) is 22.3 Å². The first-order valence-corrected chi connectivity index (χ1v) is 14.3. The van der Waals surface area contributed by atoms with Crippen LogP contribution in [0.4, 0.5) is 0 Å². The molecule has 0 bridgehead atoms. The first kappa shape index (κ1) is 15.2. The van der Waals surface area contributed by atoms with E-state index in [1.54, 1.807) is 36.4 Å². The summed E-state index contributed by atoms with van der Waals surface area (Å²) in [5, 5.41) is 3.70. The van der Waals surface area contributed by atoms with Crippen molar-refractivity contribution < 1.29 is 23.6 Å². The highest BCUT2D eigenvalue weighted by molar-refractivity contribution is 6.23. The predicted octanol–water partition coefficient (Wildman–Crippen LogP) is 12.6. The zero-order valence-electron chi connectivity index (χ0n) is 37.5. The van der Waals surface area contributed by atoms with Gasteiger partial charge in [-0.15, -0.1) is 0 Å². The van der Waals surface area contributed by atoms with Crippen LogP contribution in [-0.2, 0) is 0 Å². The Hall–Kier alpha value is -5.92. The average Bonchev–Trinajstić information content (AvgIpc) is 3.62. The summed E-state index contributed by atoms with van der Waals surface area (Å²) in [6.07, 6.45) is 0. The number of benzene rings is 8. The van der Waals surface area contributed by atoms with Gasteiger partial charge in [0.1, 0.15) is 11.2 Å². The molecule has 8 aromatic carbocycles. The van der Waals surface area contributed by atoms with Gasteiger partial charge in [0.05, 0.1) is 19.2 Å². The van der Waals surface area contributed by atoms with E-state index in [1.807, 2.05) is 48.5 Å². The third kappa shape index (κ3) is 4.17. The quantitative estimate of drug-likeness (QED) is 0.187. The molecule has 1 nitrogen and oxygen atoms in total. The largest absolute Gasteiger partial charge is 0.455 e. The lowest BCUT2D eigenvalue weighted by Gasteiger charge is -2.19. The Bertz CT molecular complexity index is 3220. The van der Waals surface area contributed by atoms with Gasteiger partial charge in [-0.05, 0) is 84.7 Å². The molecule has 0 amide bonds. The fraction of sp³-hybridized carbons (Fsp3) is 0. The molecule has 1 heteroatoms. The van der Waals surface area contributed by atoms with Gasteiger partial charge in [-0.3, -0.25) is 0 Å². The second-order valence-electron chi connectivity index (χ2n) is 10.6. The van der Waals surface area contributed by atoms with E-state index in [0.717, 1.165) is 5.39 Å². The first-order chi connectivity index (χ1) is 28.1. The van der Waals surface area contributed by atoms with Crippen molar-refractivity contribution in [1.82, 2.24) is 0 Å². The molecule has 0 saturated heterocycles. The third-order valence-corrected chi connectivity index (χ3v) is 8.09. The minimum Gasteiger partial charge on any atom is -0.455 e.